The highest BCUT2D eigenvalue weighted by Crippen LogP contribution is 2.17. The first-order chi connectivity index (χ1) is 12.6. The van der Waals surface area contributed by atoms with Crippen LogP contribution in [-0.2, 0) is 23.1 Å². The summed E-state index contributed by atoms with van der Waals surface area (Å²) >= 11 is 1.41. The van der Waals surface area contributed by atoms with Crippen LogP contribution in [-0.4, -0.2) is 57.6 Å². The Balaban J connectivity index is 1.49. The summed E-state index contributed by atoms with van der Waals surface area (Å²) in [7, 11) is 1.95. The Labute approximate surface area is 158 Å². The van der Waals surface area contributed by atoms with Gasteiger partial charge in [-0.3, -0.25) is 9.69 Å². The number of nitrogens with one attached hydrogen (secondary N) is 1. The van der Waals surface area contributed by atoms with E-state index in [9.17, 15) is 4.79 Å². The molecule has 7 nitrogen and oxygen atoms in total. The van der Waals surface area contributed by atoms with Crippen molar-refractivity contribution in [2.75, 3.05) is 32.1 Å². The first-order valence-electron chi connectivity index (χ1n) is 8.79. The molecule has 1 N–H and O–H groups in total. The fraction of sp³-hybridized carbons (Fsp3) is 0.500. The number of nitrogens with zero attached hydrogens (tertiary/aromatic N) is 4. The molecule has 140 valence electrons. The van der Waals surface area contributed by atoms with Gasteiger partial charge in [0.05, 0.1) is 31.6 Å². The Kier molecular flexibility index (Phi) is 6.65. The molecule has 8 heteroatoms. The van der Waals surface area contributed by atoms with Crippen molar-refractivity contribution in [1.29, 1.82) is 0 Å². The van der Waals surface area contributed by atoms with Gasteiger partial charge < -0.3 is 14.6 Å². The molecule has 1 aliphatic heterocycles. The Morgan fingerprint density at radius 3 is 2.73 bits per heavy atom. The average Bonchev–Trinajstić information content (AvgIpc) is 3.01. The van der Waals surface area contributed by atoms with E-state index in [1.54, 1.807) is 0 Å². The molecule has 1 saturated heterocycles. The van der Waals surface area contributed by atoms with E-state index >= 15 is 0 Å². The lowest BCUT2D eigenvalue weighted by Gasteiger charge is -2.25. The molecule has 0 bridgehead atoms. The number of rotatable bonds is 7. The molecular formula is C18H25N5O2S. The summed E-state index contributed by atoms with van der Waals surface area (Å²) < 4.78 is 7.33. The van der Waals surface area contributed by atoms with E-state index in [0.29, 0.717) is 5.75 Å². The number of aromatic nitrogens is 3. The fourth-order valence-electron chi connectivity index (χ4n) is 2.81. The van der Waals surface area contributed by atoms with Crippen LogP contribution < -0.4 is 5.32 Å². The molecular weight excluding hydrogens is 350 g/mol. The fourth-order valence-corrected chi connectivity index (χ4v) is 3.55. The van der Waals surface area contributed by atoms with Crippen molar-refractivity contribution in [2.45, 2.75) is 24.7 Å². The van der Waals surface area contributed by atoms with Gasteiger partial charge in [-0.15, -0.1) is 10.2 Å². The van der Waals surface area contributed by atoms with E-state index in [1.165, 1.54) is 11.8 Å². The lowest BCUT2D eigenvalue weighted by atomic mass is 10.1. The van der Waals surface area contributed by atoms with Crippen LogP contribution in [0, 0.1) is 0 Å². The largest absolute Gasteiger partial charge is 0.379 e. The van der Waals surface area contributed by atoms with Gasteiger partial charge in [0.25, 0.3) is 0 Å². The van der Waals surface area contributed by atoms with Gasteiger partial charge in [0.1, 0.15) is 5.82 Å². The summed E-state index contributed by atoms with van der Waals surface area (Å²) in [6.45, 7) is 6.09. The van der Waals surface area contributed by atoms with E-state index < -0.39 is 0 Å². The van der Waals surface area contributed by atoms with E-state index in [0.717, 1.165) is 49.4 Å². The van der Waals surface area contributed by atoms with Gasteiger partial charge in [0.15, 0.2) is 5.16 Å². The number of amides is 1. The smallest absolute Gasteiger partial charge is 0.230 e. The summed E-state index contributed by atoms with van der Waals surface area (Å²) in [5.41, 5.74) is 1.09. The zero-order valence-electron chi connectivity index (χ0n) is 15.2. The van der Waals surface area contributed by atoms with Crippen LogP contribution in [0.3, 0.4) is 0 Å². The van der Waals surface area contributed by atoms with Crippen LogP contribution in [0.4, 0.5) is 0 Å². The highest BCUT2D eigenvalue weighted by Gasteiger charge is 2.17. The molecule has 2 heterocycles. The summed E-state index contributed by atoms with van der Waals surface area (Å²) in [5, 5.41) is 12.3. The molecule has 1 aliphatic rings. The molecule has 0 aliphatic carbocycles. The van der Waals surface area contributed by atoms with Gasteiger partial charge in [-0.25, -0.2) is 0 Å². The summed E-state index contributed by atoms with van der Waals surface area (Å²) in [6.07, 6.45) is 0. The number of hydrogen-bond acceptors (Lipinski definition) is 6. The van der Waals surface area contributed by atoms with Gasteiger partial charge in [-0.05, 0) is 12.5 Å². The monoisotopic (exact) mass is 375 g/mol. The van der Waals surface area contributed by atoms with Crippen LogP contribution in [0.15, 0.2) is 35.5 Å². The molecule has 0 spiro atoms. The van der Waals surface area contributed by atoms with Crippen LogP contribution in [0.1, 0.15) is 24.4 Å². The highest BCUT2D eigenvalue weighted by atomic mass is 32.2. The van der Waals surface area contributed by atoms with Crippen molar-refractivity contribution >= 4 is 17.7 Å². The lowest BCUT2D eigenvalue weighted by molar-refractivity contribution is -0.119. The lowest BCUT2D eigenvalue weighted by Crippen LogP contribution is -2.36. The maximum Gasteiger partial charge on any atom is 0.230 e. The van der Waals surface area contributed by atoms with Crippen LogP contribution >= 0.6 is 11.8 Å². The maximum atomic E-state index is 12.2. The van der Waals surface area contributed by atoms with Gasteiger partial charge in [0.2, 0.25) is 5.91 Å². The van der Waals surface area contributed by atoms with Crippen LogP contribution in [0.2, 0.25) is 0 Å². The summed E-state index contributed by atoms with van der Waals surface area (Å²) in [5.74, 6) is 1.22. The van der Waals surface area contributed by atoms with Crippen molar-refractivity contribution in [1.82, 2.24) is 25.0 Å². The Bertz CT molecular complexity index is 716. The van der Waals surface area contributed by atoms with E-state index in [4.69, 9.17) is 4.74 Å². The van der Waals surface area contributed by atoms with E-state index in [2.05, 4.69) is 20.4 Å². The Morgan fingerprint density at radius 2 is 2.00 bits per heavy atom. The SMILES string of the molecule is C[C@@H](NC(=O)CSc1nnc(CN2CCOCC2)n1C)c1ccccc1. The number of thioether (sulfide) groups is 1. The molecule has 1 atom stereocenters. The van der Waals surface area contributed by atoms with Crippen molar-refractivity contribution < 1.29 is 9.53 Å². The Hall–Kier alpha value is -1.90. The van der Waals surface area contributed by atoms with Crippen molar-refractivity contribution in [3.8, 4) is 0 Å². The molecule has 0 saturated carbocycles. The molecule has 1 fully saturated rings. The second-order valence-electron chi connectivity index (χ2n) is 6.33. The standard InChI is InChI=1S/C18H25N5O2S/c1-14(15-6-4-3-5-7-15)19-17(24)13-26-18-21-20-16(22(18)2)12-23-8-10-25-11-9-23/h3-7,14H,8-13H2,1-2H3,(H,19,24)/t14-/m1/s1. The minimum atomic E-state index is -0.0133. The highest BCUT2D eigenvalue weighted by molar-refractivity contribution is 7.99. The normalized spacial score (nSPS) is 16.4. The molecule has 0 unspecified atom stereocenters. The molecule has 1 amide bonds. The second-order valence-corrected chi connectivity index (χ2v) is 7.28. The second kappa shape index (κ2) is 9.16. The number of ether oxygens (including phenoxy) is 1. The van der Waals surface area contributed by atoms with Crippen molar-refractivity contribution in [3.63, 3.8) is 0 Å². The summed E-state index contributed by atoms with van der Waals surface area (Å²) in [4.78, 5) is 14.5. The third-order valence-corrected chi connectivity index (χ3v) is 5.42. The number of benzene rings is 1. The quantitative estimate of drug-likeness (QED) is 0.742. The molecule has 2 aromatic rings. The zero-order valence-corrected chi connectivity index (χ0v) is 16.0. The Morgan fingerprint density at radius 1 is 1.27 bits per heavy atom. The zero-order chi connectivity index (χ0) is 18.4. The molecule has 1 aromatic carbocycles. The number of carbonyl (C=O) groups is 1. The minimum absolute atomic E-state index is 0.0101. The van der Waals surface area contributed by atoms with Gasteiger partial charge >= 0.3 is 0 Å². The van der Waals surface area contributed by atoms with Gasteiger partial charge in [-0.1, -0.05) is 42.1 Å². The minimum Gasteiger partial charge on any atom is -0.379 e. The molecule has 26 heavy (non-hydrogen) atoms. The molecule has 0 radical (unpaired) electrons. The predicted molar refractivity (Wildman–Crippen MR) is 101 cm³/mol. The van der Waals surface area contributed by atoms with Crippen LogP contribution in [0.5, 0.6) is 0 Å². The average molecular weight is 375 g/mol. The predicted octanol–water partition coefficient (Wildman–Crippen LogP) is 1.62. The van der Waals surface area contributed by atoms with Gasteiger partial charge in [-0.2, -0.15) is 0 Å². The topological polar surface area (TPSA) is 72.3 Å². The molecule has 3 rings (SSSR count). The van der Waals surface area contributed by atoms with E-state index in [1.807, 2.05) is 48.9 Å². The van der Waals surface area contributed by atoms with Gasteiger partial charge in [0, 0.05) is 20.1 Å². The molecule has 1 aromatic heterocycles. The van der Waals surface area contributed by atoms with Crippen molar-refractivity contribution in [3.05, 3.63) is 41.7 Å². The first kappa shape index (κ1) is 18.9. The number of carbonyl (C=O) groups excluding carboxylic acids is 1. The van der Waals surface area contributed by atoms with E-state index in [-0.39, 0.29) is 11.9 Å². The van der Waals surface area contributed by atoms with Crippen LogP contribution in [0.25, 0.3) is 0 Å². The number of hydrogen-bond donors (Lipinski definition) is 1. The third kappa shape index (κ3) is 5.06. The third-order valence-electron chi connectivity index (χ3n) is 4.40. The van der Waals surface area contributed by atoms with Crippen molar-refractivity contribution in [2.24, 2.45) is 7.05 Å². The first-order valence-corrected chi connectivity index (χ1v) is 9.77. The number of morpholine rings is 1. The summed E-state index contributed by atoms with van der Waals surface area (Å²) in [6, 6.07) is 9.93. The maximum absolute atomic E-state index is 12.2.